The number of esters is 1. The van der Waals surface area contributed by atoms with Gasteiger partial charge in [-0.15, -0.1) is 0 Å². The lowest BCUT2D eigenvalue weighted by Crippen LogP contribution is -2.26. The average Bonchev–Trinajstić information content (AvgIpc) is 2.20. The maximum atomic E-state index is 11.4. The van der Waals surface area contributed by atoms with Crippen molar-refractivity contribution in [3.05, 3.63) is 11.8 Å². The molecular formula is C10H18O5. The fourth-order valence-electron chi connectivity index (χ4n) is 0.955. The van der Waals surface area contributed by atoms with Gasteiger partial charge in [0.1, 0.15) is 5.57 Å². The first kappa shape index (κ1) is 13.9. The molecule has 15 heavy (non-hydrogen) atoms. The Bertz CT molecular complexity index is 206. The Morgan fingerprint density at radius 1 is 1.20 bits per heavy atom. The summed E-state index contributed by atoms with van der Waals surface area (Å²) < 4.78 is 15.0. The van der Waals surface area contributed by atoms with E-state index in [1.54, 1.807) is 20.8 Å². The number of aliphatic hydroxyl groups is 1. The molecule has 0 unspecified atom stereocenters. The van der Waals surface area contributed by atoms with Crippen molar-refractivity contribution in [2.45, 2.75) is 27.1 Å². The van der Waals surface area contributed by atoms with Gasteiger partial charge in [0, 0.05) is 13.2 Å². The van der Waals surface area contributed by atoms with Crippen molar-refractivity contribution in [3.8, 4) is 0 Å². The van der Waals surface area contributed by atoms with Crippen molar-refractivity contribution in [1.29, 1.82) is 0 Å². The fraction of sp³-hybridized carbons (Fsp3) is 0.700. The summed E-state index contributed by atoms with van der Waals surface area (Å²) in [5.74, 6) is -0.632. The summed E-state index contributed by atoms with van der Waals surface area (Å²) in [7, 11) is 0. The van der Waals surface area contributed by atoms with Crippen LogP contribution in [0.25, 0.3) is 0 Å². The highest BCUT2D eigenvalue weighted by Gasteiger charge is 2.23. The largest absolute Gasteiger partial charge is 0.515 e. The fourth-order valence-corrected chi connectivity index (χ4v) is 0.955. The van der Waals surface area contributed by atoms with Crippen LogP contribution in [0.5, 0.6) is 0 Å². The predicted octanol–water partition coefficient (Wildman–Crippen LogP) is 1.39. The smallest absolute Gasteiger partial charge is 0.342 e. The summed E-state index contributed by atoms with van der Waals surface area (Å²) in [5, 5.41) is 8.92. The normalized spacial score (nSPS) is 11.9. The zero-order chi connectivity index (χ0) is 11.7. The van der Waals surface area contributed by atoms with Crippen molar-refractivity contribution in [1.82, 2.24) is 0 Å². The molecule has 0 aromatic rings. The molecule has 0 aliphatic carbocycles. The second-order valence-corrected chi connectivity index (χ2v) is 2.55. The van der Waals surface area contributed by atoms with E-state index in [1.165, 1.54) is 0 Å². The molecule has 5 heteroatoms. The van der Waals surface area contributed by atoms with Crippen LogP contribution in [-0.4, -0.2) is 37.2 Å². The minimum Gasteiger partial charge on any atom is -0.515 e. The van der Waals surface area contributed by atoms with E-state index in [0.29, 0.717) is 19.5 Å². The number of hydrogen-bond acceptors (Lipinski definition) is 5. The molecule has 0 heterocycles. The van der Waals surface area contributed by atoms with E-state index in [-0.39, 0.29) is 12.2 Å². The second-order valence-electron chi connectivity index (χ2n) is 2.55. The standard InChI is InChI=1S/C10H18O5/c1-4-13-9(12)8(7-11)10(14-5-2)15-6-3/h7,10-11H,4-6H2,1-3H3/b8-7+. The second kappa shape index (κ2) is 8.26. The predicted molar refractivity (Wildman–Crippen MR) is 54.4 cm³/mol. The highest BCUT2D eigenvalue weighted by atomic mass is 16.7. The summed E-state index contributed by atoms with van der Waals surface area (Å²) >= 11 is 0. The zero-order valence-electron chi connectivity index (χ0n) is 9.36. The molecule has 1 N–H and O–H groups in total. The van der Waals surface area contributed by atoms with Gasteiger partial charge in [0.25, 0.3) is 0 Å². The molecule has 0 radical (unpaired) electrons. The van der Waals surface area contributed by atoms with Gasteiger partial charge < -0.3 is 19.3 Å². The first-order valence-corrected chi connectivity index (χ1v) is 4.95. The van der Waals surface area contributed by atoms with E-state index >= 15 is 0 Å². The van der Waals surface area contributed by atoms with Gasteiger partial charge in [-0.25, -0.2) is 4.79 Å². The topological polar surface area (TPSA) is 65.0 Å². The molecule has 0 aliphatic rings. The van der Waals surface area contributed by atoms with E-state index in [4.69, 9.17) is 19.3 Å². The van der Waals surface area contributed by atoms with Crippen LogP contribution >= 0.6 is 0 Å². The molecule has 0 amide bonds. The van der Waals surface area contributed by atoms with Gasteiger partial charge in [0.05, 0.1) is 12.9 Å². The molecular weight excluding hydrogens is 200 g/mol. The number of hydrogen-bond donors (Lipinski definition) is 1. The average molecular weight is 218 g/mol. The van der Waals surface area contributed by atoms with Gasteiger partial charge in [-0.2, -0.15) is 0 Å². The number of carbonyl (C=O) groups is 1. The number of carbonyl (C=O) groups excluding carboxylic acids is 1. The van der Waals surface area contributed by atoms with E-state index in [1.807, 2.05) is 0 Å². The first-order chi connectivity index (χ1) is 7.21. The highest BCUT2D eigenvalue weighted by Crippen LogP contribution is 2.10. The summed E-state index contributed by atoms with van der Waals surface area (Å²) in [6.45, 7) is 6.21. The Hall–Kier alpha value is -1.07. The first-order valence-electron chi connectivity index (χ1n) is 4.95. The number of rotatable bonds is 7. The van der Waals surface area contributed by atoms with Gasteiger partial charge in [-0.1, -0.05) is 0 Å². The minimum atomic E-state index is -0.871. The van der Waals surface area contributed by atoms with E-state index in [2.05, 4.69) is 0 Å². The molecule has 0 aliphatic heterocycles. The molecule has 0 aromatic carbocycles. The van der Waals surface area contributed by atoms with Crippen LogP contribution in [0.2, 0.25) is 0 Å². The molecule has 0 atom stereocenters. The zero-order valence-corrected chi connectivity index (χ0v) is 9.36. The van der Waals surface area contributed by atoms with Gasteiger partial charge in [-0.05, 0) is 20.8 Å². The molecule has 0 aromatic heterocycles. The Morgan fingerprint density at radius 2 is 1.73 bits per heavy atom. The third-order valence-electron chi connectivity index (χ3n) is 1.54. The van der Waals surface area contributed by atoms with Crippen molar-refractivity contribution >= 4 is 5.97 Å². The van der Waals surface area contributed by atoms with Crippen molar-refractivity contribution in [2.75, 3.05) is 19.8 Å². The molecule has 0 saturated carbocycles. The van der Waals surface area contributed by atoms with Crippen LogP contribution in [0, 0.1) is 0 Å². The van der Waals surface area contributed by atoms with Crippen molar-refractivity contribution < 1.29 is 24.1 Å². The maximum Gasteiger partial charge on any atom is 0.342 e. The van der Waals surface area contributed by atoms with Gasteiger partial charge in [0.2, 0.25) is 0 Å². The molecule has 5 nitrogen and oxygen atoms in total. The Kier molecular flexibility index (Phi) is 7.67. The third kappa shape index (κ3) is 4.80. The van der Waals surface area contributed by atoms with Crippen LogP contribution in [-0.2, 0) is 19.0 Å². The van der Waals surface area contributed by atoms with E-state index in [0.717, 1.165) is 0 Å². The molecule has 0 saturated heterocycles. The lowest BCUT2D eigenvalue weighted by atomic mass is 10.3. The van der Waals surface area contributed by atoms with Crippen LogP contribution < -0.4 is 0 Å². The van der Waals surface area contributed by atoms with Gasteiger partial charge in [-0.3, -0.25) is 0 Å². The van der Waals surface area contributed by atoms with Gasteiger partial charge >= 0.3 is 5.97 Å². The van der Waals surface area contributed by atoms with Gasteiger partial charge in [0.15, 0.2) is 6.29 Å². The van der Waals surface area contributed by atoms with Crippen molar-refractivity contribution in [2.24, 2.45) is 0 Å². The SMILES string of the molecule is CCOC(=O)/C(=C\O)C(OCC)OCC. The molecule has 0 fully saturated rings. The Morgan fingerprint density at radius 3 is 2.07 bits per heavy atom. The Balaban J connectivity index is 4.51. The Labute approximate surface area is 89.6 Å². The van der Waals surface area contributed by atoms with Crippen molar-refractivity contribution in [3.63, 3.8) is 0 Å². The lowest BCUT2D eigenvalue weighted by molar-refractivity contribution is -0.150. The summed E-state index contributed by atoms with van der Waals surface area (Å²) in [6.07, 6.45) is -0.211. The lowest BCUT2D eigenvalue weighted by Gasteiger charge is -2.17. The number of aliphatic hydroxyl groups excluding tert-OH is 1. The van der Waals surface area contributed by atoms with Crippen LogP contribution in [0.15, 0.2) is 11.8 Å². The molecule has 0 rings (SSSR count). The van der Waals surface area contributed by atoms with Crippen LogP contribution in [0.3, 0.4) is 0 Å². The quantitative estimate of drug-likeness (QED) is 0.303. The van der Waals surface area contributed by atoms with E-state index < -0.39 is 12.3 Å². The molecule has 0 spiro atoms. The summed E-state index contributed by atoms with van der Waals surface area (Å²) in [5.41, 5.74) is -0.0273. The highest BCUT2D eigenvalue weighted by molar-refractivity contribution is 5.88. The monoisotopic (exact) mass is 218 g/mol. The summed E-state index contributed by atoms with van der Waals surface area (Å²) in [6, 6.07) is 0. The van der Waals surface area contributed by atoms with Crippen LogP contribution in [0.1, 0.15) is 20.8 Å². The number of ether oxygens (including phenoxy) is 3. The molecule has 88 valence electrons. The van der Waals surface area contributed by atoms with Crippen LogP contribution in [0.4, 0.5) is 0 Å². The third-order valence-corrected chi connectivity index (χ3v) is 1.54. The van der Waals surface area contributed by atoms with E-state index in [9.17, 15) is 4.79 Å². The minimum absolute atomic E-state index is 0.0273. The summed E-state index contributed by atoms with van der Waals surface area (Å²) in [4.78, 5) is 11.4. The maximum absolute atomic E-state index is 11.4. The molecule has 0 bridgehead atoms.